The number of benzene rings is 2. The minimum atomic E-state index is 0.254. The average molecular weight is 426 g/mol. The van der Waals surface area contributed by atoms with Crippen LogP contribution in [-0.2, 0) is 17.8 Å². The normalized spacial score (nSPS) is 22.8. The van der Waals surface area contributed by atoms with E-state index in [1.165, 1.54) is 21.6 Å². The van der Waals surface area contributed by atoms with Gasteiger partial charge in [-0.2, -0.15) is 0 Å². The van der Waals surface area contributed by atoms with Gasteiger partial charge >= 0.3 is 0 Å². The summed E-state index contributed by atoms with van der Waals surface area (Å²) in [5.74, 6) is 1.83. The van der Waals surface area contributed by atoms with Gasteiger partial charge in [0.2, 0.25) is 0 Å². The molecule has 2 aliphatic rings. The van der Waals surface area contributed by atoms with Gasteiger partial charge in [-0.05, 0) is 49.6 Å². The molecule has 2 N–H and O–H groups in total. The van der Waals surface area contributed by atoms with E-state index in [0.717, 1.165) is 56.3 Å². The third kappa shape index (κ3) is 4.55. The average Bonchev–Trinajstić information content (AvgIpc) is 3.11. The molecule has 4 rings (SSSR count). The second-order valence-electron chi connectivity index (χ2n) is 8.93. The molecule has 2 aromatic carbocycles. The predicted molar refractivity (Wildman–Crippen MR) is 121 cm³/mol. The molecule has 0 aromatic heterocycles. The van der Waals surface area contributed by atoms with E-state index < -0.39 is 0 Å². The fraction of sp³-hybridized carbons (Fsp3) is 0.480. The maximum atomic E-state index is 13.1. The number of ether oxygens (including phenoxy) is 2. The number of rotatable bonds is 6. The highest BCUT2D eigenvalue weighted by atomic mass is 16.5. The van der Waals surface area contributed by atoms with Crippen molar-refractivity contribution >= 4 is 11.6 Å². The zero-order valence-electron chi connectivity index (χ0n) is 19.2. The van der Waals surface area contributed by atoms with Crippen molar-refractivity contribution in [1.29, 1.82) is 0 Å². The Balaban J connectivity index is 1.33. The van der Waals surface area contributed by atoms with Gasteiger partial charge in [0.1, 0.15) is 32.7 Å². The van der Waals surface area contributed by atoms with Crippen LogP contribution in [0.4, 0.5) is 5.69 Å². The van der Waals surface area contributed by atoms with Crippen molar-refractivity contribution in [1.82, 2.24) is 0 Å². The smallest absolute Gasteiger partial charge is 0.282 e. The van der Waals surface area contributed by atoms with Crippen LogP contribution in [0.15, 0.2) is 36.4 Å². The van der Waals surface area contributed by atoms with Gasteiger partial charge in [-0.1, -0.05) is 18.2 Å². The van der Waals surface area contributed by atoms with Crippen molar-refractivity contribution in [3.63, 3.8) is 0 Å². The van der Waals surface area contributed by atoms with Crippen LogP contribution in [0, 0.1) is 6.92 Å². The van der Waals surface area contributed by atoms with E-state index in [1.807, 2.05) is 11.0 Å². The van der Waals surface area contributed by atoms with Gasteiger partial charge in [0, 0.05) is 17.3 Å². The van der Waals surface area contributed by atoms with Gasteiger partial charge in [0.25, 0.3) is 5.91 Å². The van der Waals surface area contributed by atoms with Gasteiger partial charge in [-0.15, -0.1) is 0 Å². The number of fused-ring (bicyclic) bond motifs is 1. The van der Waals surface area contributed by atoms with E-state index in [9.17, 15) is 4.79 Å². The highest BCUT2D eigenvalue weighted by molar-refractivity contribution is 5.96. The lowest BCUT2D eigenvalue weighted by Crippen LogP contribution is -3.28. The third-order valence-electron chi connectivity index (χ3n) is 6.82. The van der Waals surface area contributed by atoms with E-state index in [4.69, 9.17) is 9.47 Å². The number of nitrogens with one attached hydrogen (secondary N) is 2. The summed E-state index contributed by atoms with van der Waals surface area (Å²) >= 11 is 0. The molecule has 2 heterocycles. The Labute approximate surface area is 185 Å². The summed E-state index contributed by atoms with van der Waals surface area (Å²) in [5.41, 5.74) is 4.93. The molecule has 6 nitrogen and oxygen atoms in total. The Morgan fingerprint density at radius 1 is 1.03 bits per heavy atom. The van der Waals surface area contributed by atoms with E-state index in [2.05, 4.69) is 44.2 Å². The predicted octanol–water partition coefficient (Wildman–Crippen LogP) is 0.273. The molecular weight excluding hydrogens is 390 g/mol. The van der Waals surface area contributed by atoms with Crippen molar-refractivity contribution in [3.05, 3.63) is 53.1 Å². The van der Waals surface area contributed by atoms with Crippen molar-refractivity contribution in [3.8, 4) is 11.5 Å². The first-order valence-corrected chi connectivity index (χ1v) is 11.3. The number of nitrogens with zero attached hydrogens (tertiary/aromatic N) is 1. The van der Waals surface area contributed by atoms with Crippen LogP contribution in [0.25, 0.3) is 0 Å². The minimum Gasteiger partial charge on any atom is -0.493 e. The number of aryl methyl sites for hydroxylation is 1. The maximum absolute atomic E-state index is 13.1. The molecule has 31 heavy (non-hydrogen) atoms. The number of hydrogen-bond acceptors (Lipinski definition) is 3. The number of quaternary nitrogens is 2. The molecule has 0 radical (unpaired) electrons. The van der Waals surface area contributed by atoms with E-state index in [-0.39, 0.29) is 11.9 Å². The van der Waals surface area contributed by atoms with E-state index in [1.54, 1.807) is 19.1 Å². The quantitative estimate of drug-likeness (QED) is 0.699. The standard InChI is InChI=1S/C25H33N3O3/c1-18-13-23(30-3)24(31-4)15-21(18)16-26-9-11-27(12-10-26)17-25(29)28-19(2)14-20-7-5-6-8-22(20)28/h5-8,13,15,19H,9-12,14,16-17H2,1-4H3/p+2/t19-/m1/s1. The molecule has 166 valence electrons. The molecule has 0 unspecified atom stereocenters. The molecule has 2 aromatic rings. The fourth-order valence-electron chi connectivity index (χ4n) is 5.04. The second-order valence-corrected chi connectivity index (χ2v) is 8.93. The van der Waals surface area contributed by atoms with E-state index in [0.29, 0.717) is 6.54 Å². The number of methoxy groups -OCH3 is 2. The van der Waals surface area contributed by atoms with Crippen molar-refractivity contribution in [2.24, 2.45) is 0 Å². The van der Waals surface area contributed by atoms with E-state index >= 15 is 0 Å². The molecule has 1 saturated heterocycles. The highest BCUT2D eigenvalue weighted by Crippen LogP contribution is 2.31. The number of hydrogen-bond donors (Lipinski definition) is 2. The fourth-order valence-corrected chi connectivity index (χ4v) is 5.04. The van der Waals surface area contributed by atoms with Crippen LogP contribution < -0.4 is 24.2 Å². The molecular formula is C25H35N3O3+2. The van der Waals surface area contributed by atoms with Gasteiger partial charge in [-0.25, -0.2) is 0 Å². The lowest BCUT2D eigenvalue weighted by molar-refractivity contribution is -1.02. The van der Waals surface area contributed by atoms with Crippen LogP contribution in [0.1, 0.15) is 23.6 Å². The summed E-state index contributed by atoms with van der Waals surface area (Å²) in [6.07, 6.45) is 0.958. The number of carbonyl (C=O) groups excluding carboxylic acids is 1. The molecule has 0 spiro atoms. The Hall–Kier alpha value is -2.57. The lowest BCUT2D eigenvalue weighted by Gasteiger charge is -2.31. The summed E-state index contributed by atoms with van der Waals surface area (Å²) < 4.78 is 10.9. The van der Waals surface area contributed by atoms with Crippen LogP contribution in [-0.4, -0.2) is 58.9 Å². The maximum Gasteiger partial charge on any atom is 0.282 e. The third-order valence-corrected chi connectivity index (χ3v) is 6.82. The highest BCUT2D eigenvalue weighted by Gasteiger charge is 2.34. The molecule has 1 atom stereocenters. The Morgan fingerprint density at radius 2 is 1.68 bits per heavy atom. The summed E-state index contributed by atoms with van der Waals surface area (Å²) in [4.78, 5) is 18.1. The van der Waals surface area contributed by atoms with Gasteiger partial charge in [0.05, 0.1) is 14.2 Å². The lowest BCUT2D eigenvalue weighted by atomic mass is 10.1. The van der Waals surface area contributed by atoms with Crippen LogP contribution in [0.5, 0.6) is 11.5 Å². The summed E-state index contributed by atoms with van der Waals surface area (Å²) in [7, 11) is 3.36. The summed E-state index contributed by atoms with van der Waals surface area (Å²) in [5, 5.41) is 0. The first-order valence-electron chi connectivity index (χ1n) is 11.3. The Kier molecular flexibility index (Phi) is 6.49. The molecule has 1 fully saturated rings. The number of anilines is 1. The minimum absolute atomic E-state index is 0.254. The number of amides is 1. The van der Waals surface area contributed by atoms with Gasteiger partial charge in [0.15, 0.2) is 18.0 Å². The molecule has 1 amide bonds. The second kappa shape index (κ2) is 9.28. The van der Waals surface area contributed by atoms with Crippen LogP contribution in [0.2, 0.25) is 0 Å². The summed E-state index contributed by atoms with van der Waals surface area (Å²) in [6, 6.07) is 12.7. The topological polar surface area (TPSA) is 47.7 Å². The zero-order chi connectivity index (χ0) is 22.0. The Bertz CT molecular complexity index is 938. The molecule has 0 saturated carbocycles. The molecule has 0 bridgehead atoms. The van der Waals surface area contributed by atoms with Crippen molar-refractivity contribution in [2.75, 3.05) is 51.8 Å². The van der Waals surface area contributed by atoms with Gasteiger partial charge < -0.3 is 24.2 Å². The van der Waals surface area contributed by atoms with Crippen molar-refractivity contribution in [2.45, 2.75) is 32.9 Å². The van der Waals surface area contributed by atoms with Crippen LogP contribution in [0.3, 0.4) is 0 Å². The first kappa shape index (κ1) is 21.7. The monoisotopic (exact) mass is 425 g/mol. The van der Waals surface area contributed by atoms with Gasteiger partial charge in [-0.3, -0.25) is 4.79 Å². The number of carbonyl (C=O) groups is 1. The number of para-hydroxylation sites is 1. The summed E-state index contributed by atoms with van der Waals surface area (Å²) in [6.45, 7) is 10.0. The first-order chi connectivity index (χ1) is 15.0. The number of piperazine rings is 1. The SMILES string of the molecule is COc1cc(C)c(C[NH+]2CC[NH+](CC(=O)N3c4ccccc4C[C@H]3C)CC2)cc1OC. The molecule has 6 heteroatoms. The Morgan fingerprint density at radius 3 is 2.39 bits per heavy atom. The van der Waals surface area contributed by atoms with Crippen LogP contribution >= 0.6 is 0 Å². The zero-order valence-corrected chi connectivity index (χ0v) is 19.2. The molecule has 0 aliphatic carbocycles. The largest absolute Gasteiger partial charge is 0.493 e. The van der Waals surface area contributed by atoms with Crippen molar-refractivity contribution < 1.29 is 24.1 Å². The molecule has 2 aliphatic heterocycles.